The molecule has 0 saturated carbocycles. The van der Waals surface area contributed by atoms with E-state index < -0.39 is 11.6 Å². The Morgan fingerprint density at radius 1 is 1.38 bits per heavy atom. The van der Waals surface area contributed by atoms with Gasteiger partial charge in [0.25, 0.3) is 5.91 Å². The Hall–Kier alpha value is -3.16. The van der Waals surface area contributed by atoms with E-state index in [0.29, 0.717) is 22.9 Å². The molecule has 0 unspecified atom stereocenters. The number of rotatable bonds is 6. The van der Waals surface area contributed by atoms with Crippen LogP contribution in [-0.4, -0.2) is 32.5 Å². The van der Waals surface area contributed by atoms with Crippen molar-refractivity contribution >= 4 is 17.1 Å². The highest BCUT2D eigenvalue weighted by molar-refractivity contribution is 6.01. The molecule has 1 amide bonds. The van der Waals surface area contributed by atoms with Crippen molar-refractivity contribution in [2.75, 3.05) is 7.11 Å². The summed E-state index contributed by atoms with van der Waals surface area (Å²) in [5.41, 5.74) is 6.21. The van der Waals surface area contributed by atoms with Crippen LogP contribution in [0, 0.1) is 0 Å². The lowest BCUT2D eigenvalue weighted by atomic mass is 10.1. The van der Waals surface area contributed by atoms with Crippen molar-refractivity contribution in [1.82, 2.24) is 19.5 Å². The number of benzene rings is 1. The number of hydrogen-bond donors (Lipinski definition) is 2. The van der Waals surface area contributed by atoms with E-state index in [-0.39, 0.29) is 17.1 Å². The molecule has 3 aromatic rings. The van der Waals surface area contributed by atoms with E-state index >= 15 is 0 Å². The molecule has 0 aliphatic rings. The van der Waals surface area contributed by atoms with Crippen molar-refractivity contribution in [3.05, 3.63) is 46.3 Å². The second-order valence-electron chi connectivity index (χ2n) is 6.15. The van der Waals surface area contributed by atoms with Gasteiger partial charge in [0.2, 0.25) is 0 Å². The largest absolute Gasteiger partial charge is 0.497 e. The van der Waals surface area contributed by atoms with Crippen LogP contribution < -0.4 is 16.2 Å². The number of hydrogen-bond acceptors (Lipinski definition) is 5. The number of H-pyrrole nitrogens is 1. The molecule has 136 valence electrons. The number of nitrogens with two attached hydrogens (primary N) is 1. The van der Waals surface area contributed by atoms with Crippen LogP contribution in [0.15, 0.2) is 29.1 Å². The molecule has 3 N–H and O–H groups in total. The Labute approximate surface area is 150 Å². The van der Waals surface area contributed by atoms with Crippen molar-refractivity contribution < 1.29 is 9.53 Å². The minimum Gasteiger partial charge on any atom is -0.497 e. The SMILES string of the molecule is CCC[C@H](C)c1nc(C(N)=O)c2[nH]c(=O)n(-c3cccc(OC)c3)c2n1. The maximum Gasteiger partial charge on any atom is 0.332 e. The van der Waals surface area contributed by atoms with E-state index in [9.17, 15) is 9.59 Å². The minimum atomic E-state index is -0.707. The standard InChI is InChI=1S/C18H21N5O3/c1-4-6-10(2)16-20-13(15(19)24)14-17(22-16)23(18(25)21-14)11-7-5-8-12(9-11)26-3/h5,7-10H,4,6H2,1-3H3,(H2,19,24)(H,21,25)/t10-/m0/s1. The maximum atomic E-state index is 12.6. The lowest BCUT2D eigenvalue weighted by Crippen LogP contribution is -2.17. The third-order valence-electron chi connectivity index (χ3n) is 4.26. The van der Waals surface area contributed by atoms with E-state index in [1.54, 1.807) is 31.4 Å². The zero-order chi connectivity index (χ0) is 18.8. The van der Waals surface area contributed by atoms with Crippen LogP contribution in [0.5, 0.6) is 5.75 Å². The Balaban J connectivity index is 2.31. The second kappa shape index (κ2) is 6.99. The van der Waals surface area contributed by atoms with Gasteiger partial charge in [-0.1, -0.05) is 26.3 Å². The molecule has 0 aliphatic carbocycles. The van der Waals surface area contributed by atoms with Gasteiger partial charge in [0.15, 0.2) is 11.3 Å². The van der Waals surface area contributed by atoms with Gasteiger partial charge in [0.05, 0.1) is 12.8 Å². The van der Waals surface area contributed by atoms with Crippen LogP contribution in [-0.2, 0) is 0 Å². The molecular formula is C18H21N5O3. The van der Waals surface area contributed by atoms with Gasteiger partial charge in [-0.3, -0.25) is 4.79 Å². The number of ether oxygens (including phenoxy) is 1. The fraction of sp³-hybridized carbons (Fsp3) is 0.333. The van der Waals surface area contributed by atoms with Gasteiger partial charge in [0.1, 0.15) is 17.1 Å². The van der Waals surface area contributed by atoms with Crippen molar-refractivity contribution in [2.24, 2.45) is 5.73 Å². The molecule has 0 saturated heterocycles. The number of fused-ring (bicyclic) bond motifs is 1. The van der Waals surface area contributed by atoms with Crippen molar-refractivity contribution in [1.29, 1.82) is 0 Å². The van der Waals surface area contributed by atoms with Gasteiger partial charge < -0.3 is 15.5 Å². The first kappa shape index (κ1) is 17.7. The Morgan fingerprint density at radius 2 is 2.15 bits per heavy atom. The summed E-state index contributed by atoms with van der Waals surface area (Å²) < 4.78 is 6.63. The molecule has 0 aliphatic heterocycles. The number of primary amides is 1. The average molecular weight is 355 g/mol. The fourth-order valence-corrected chi connectivity index (χ4v) is 2.95. The molecule has 1 atom stereocenters. The lowest BCUT2D eigenvalue weighted by Gasteiger charge is -2.11. The van der Waals surface area contributed by atoms with Crippen molar-refractivity contribution in [3.63, 3.8) is 0 Å². The molecule has 1 aromatic carbocycles. The maximum absolute atomic E-state index is 12.6. The quantitative estimate of drug-likeness (QED) is 0.702. The first-order chi connectivity index (χ1) is 12.5. The highest BCUT2D eigenvalue weighted by Gasteiger charge is 2.21. The molecule has 0 bridgehead atoms. The summed E-state index contributed by atoms with van der Waals surface area (Å²) in [6.45, 7) is 4.04. The summed E-state index contributed by atoms with van der Waals surface area (Å²) in [4.78, 5) is 36.0. The molecule has 0 fully saturated rings. The number of aromatic amines is 1. The number of nitrogens with one attached hydrogen (secondary N) is 1. The van der Waals surface area contributed by atoms with Gasteiger partial charge in [-0.2, -0.15) is 0 Å². The first-order valence-electron chi connectivity index (χ1n) is 8.43. The molecule has 8 heteroatoms. The van der Waals surface area contributed by atoms with Crippen molar-refractivity contribution in [3.8, 4) is 11.4 Å². The number of aromatic nitrogens is 4. The monoisotopic (exact) mass is 355 g/mol. The van der Waals surface area contributed by atoms with Gasteiger partial charge in [-0.15, -0.1) is 0 Å². The first-order valence-corrected chi connectivity index (χ1v) is 8.43. The molecule has 0 spiro atoms. The second-order valence-corrected chi connectivity index (χ2v) is 6.15. The van der Waals surface area contributed by atoms with Crippen LogP contribution in [0.25, 0.3) is 16.9 Å². The van der Waals surface area contributed by atoms with Crippen LogP contribution in [0.3, 0.4) is 0 Å². The number of amides is 1. The average Bonchev–Trinajstić information content (AvgIpc) is 2.96. The zero-order valence-electron chi connectivity index (χ0n) is 14.9. The lowest BCUT2D eigenvalue weighted by molar-refractivity contribution is 0.0996. The Morgan fingerprint density at radius 3 is 2.81 bits per heavy atom. The highest BCUT2D eigenvalue weighted by Crippen LogP contribution is 2.23. The molecule has 3 rings (SSSR count). The fourth-order valence-electron chi connectivity index (χ4n) is 2.95. The van der Waals surface area contributed by atoms with Crippen LogP contribution in [0.1, 0.15) is 48.9 Å². The minimum absolute atomic E-state index is 0.0201. The van der Waals surface area contributed by atoms with E-state index in [4.69, 9.17) is 10.5 Å². The third-order valence-corrected chi connectivity index (χ3v) is 4.26. The van der Waals surface area contributed by atoms with Gasteiger partial charge in [-0.25, -0.2) is 19.3 Å². The topological polar surface area (TPSA) is 116 Å². The van der Waals surface area contributed by atoms with E-state index in [1.165, 1.54) is 4.57 Å². The number of carbonyl (C=O) groups excluding carboxylic acids is 1. The number of carbonyl (C=O) groups is 1. The number of imidazole rings is 1. The van der Waals surface area contributed by atoms with Gasteiger partial charge >= 0.3 is 5.69 Å². The Bertz CT molecular complexity index is 1020. The highest BCUT2D eigenvalue weighted by atomic mass is 16.5. The molecular weight excluding hydrogens is 334 g/mol. The third kappa shape index (κ3) is 3.05. The van der Waals surface area contributed by atoms with Crippen LogP contribution >= 0.6 is 0 Å². The van der Waals surface area contributed by atoms with Crippen molar-refractivity contribution in [2.45, 2.75) is 32.6 Å². The molecule has 0 radical (unpaired) electrons. The zero-order valence-corrected chi connectivity index (χ0v) is 14.9. The predicted octanol–water partition coefficient (Wildman–Crippen LogP) is 2.12. The summed E-state index contributed by atoms with van der Waals surface area (Å²) in [7, 11) is 1.55. The summed E-state index contributed by atoms with van der Waals surface area (Å²) in [5.74, 6) is 0.420. The molecule has 2 heterocycles. The normalized spacial score (nSPS) is 12.3. The van der Waals surface area contributed by atoms with E-state index in [0.717, 1.165) is 12.8 Å². The van der Waals surface area contributed by atoms with Crippen LogP contribution in [0.4, 0.5) is 0 Å². The predicted molar refractivity (Wildman–Crippen MR) is 97.9 cm³/mol. The Kier molecular flexibility index (Phi) is 4.75. The summed E-state index contributed by atoms with van der Waals surface area (Å²) >= 11 is 0. The summed E-state index contributed by atoms with van der Waals surface area (Å²) in [5, 5.41) is 0. The summed E-state index contributed by atoms with van der Waals surface area (Å²) in [6, 6.07) is 7.03. The number of nitrogens with zero attached hydrogens (tertiary/aromatic N) is 3. The van der Waals surface area contributed by atoms with Crippen LogP contribution in [0.2, 0.25) is 0 Å². The summed E-state index contributed by atoms with van der Waals surface area (Å²) in [6.07, 6.45) is 1.81. The smallest absolute Gasteiger partial charge is 0.332 e. The molecule has 2 aromatic heterocycles. The van der Waals surface area contributed by atoms with Gasteiger partial charge in [-0.05, 0) is 18.6 Å². The van der Waals surface area contributed by atoms with Gasteiger partial charge in [0, 0.05) is 12.0 Å². The van der Waals surface area contributed by atoms with E-state index in [2.05, 4.69) is 21.9 Å². The van der Waals surface area contributed by atoms with E-state index in [1.807, 2.05) is 6.92 Å². The molecule has 26 heavy (non-hydrogen) atoms. The number of methoxy groups -OCH3 is 1. The molecule has 8 nitrogen and oxygen atoms in total.